The average Bonchev–Trinajstić information content (AvgIpc) is 3.24. The van der Waals surface area contributed by atoms with Crippen molar-refractivity contribution in [2.24, 2.45) is 0 Å². The number of hydrogen-bond acceptors (Lipinski definition) is 4. The van der Waals surface area contributed by atoms with Crippen LogP contribution >= 0.6 is 0 Å². The highest BCUT2D eigenvalue weighted by atomic mass is 16.3. The monoisotopic (exact) mass is 363 g/mol. The van der Waals surface area contributed by atoms with Gasteiger partial charge < -0.3 is 20.0 Å². The number of likely N-dealkylation sites (N-methyl/N-ethyl adjacent to an activating group) is 1. The molecule has 0 unspecified atom stereocenters. The third-order valence-corrected chi connectivity index (χ3v) is 4.11. The predicted molar refractivity (Wildman–Crippen MR) is 105 cm³/mol. The minimum atomic E-state index is -0.183. The molecule has 3 aromatic rings. The molecule has 6 heteroatoms. The number of nitrogens with one attached hydrogen (secondary N) is 2. The van der Waals surface area contributed by atoms with E-state index < -0.39 is 0 Å². The average molecular weight is 363 g/mol. The first-order valence-electron chi connectivity index (χ1n) is 8.59. The molecule has 0 saturated carbocycles. The van der Waals surface area contributed by atoms with Gasteiger partial charge in [0, 0.05) is 24.0 Å². The van der Waals surface area contributed by atoms with Crippen molar-refractivity contribution in [3.05, 3.63) is 84.3 Å². The minimum Gasteiger partial charge on any atom is -0.467 e. The molecule has 2 aromatic carbocycles. The molecule has 1 heterocycles. The normalized spacial score (nSPS) is 10.3. The van der Waals surface area contributed by atoms with E-state index in [1.807, 2.05) is 30.3 Å². The Morgan fingerprint density at radius 3 is 2.37 bits per heavy atom. The molecular weight excluding hydrogens is 342 g/mol. The zero-order chi connectivity index (χ0) is 19.1. The van der Waals surface area contributed by atoms with E-state index in [1.54, 1.807) is 54.6 Å². The second kappa shape index (κ2) is 8.71. The van der Waals surface area contributed by atoms with Gasteiger partial charge in [0.15, 0.2) is 0 Å². The molecule has 1 aromatic heterocycles. The molecule has 0 aliphatic carbocycles. The number of anilines is 2. The van der Waals surface area contributed by atoms with Crippen LogP contribution in [0.15, 0.2) is 77.4 Å². The zero-order valence-corrected chi connectivity index (χ0v) is 15.0. The molecule has 0 fully saturated rings. The summed E-state index contributed by atoms with van der Waals surface area (Å²) < 4.78 is 5.18. The van der Waals surface area contributed by atoms with Crippen molar-refractivity contribution in [3.8, 4) is 0 Å². The Bertz CT molecular complexity index is 875. The zero-order valence-electron chi connectivity index (χ0n) is 15.0. The summed E-state index contributed by atoms with van der Waals surface area (Å²) in [6.45, 7) is 0.502. The van der Waals surface area contributed by atoms with Crippen molar-refractivity contribution in [1.29, 1.82) is 0 Å². The Balaban J connectivity index is 1.50. The van der Waals surface area contributed by atoms with Gasteiger partial charge in [-0.15, -0.1) is 0 Å². The third-order valence-electron chi connectivity index (χ3n) is 4.11. The molecular formula is C21H21N3O3. The molecule has 0 bridgehead atoms. The van der Waals surface area contributed by atoms with E-state index >= 15 is 0 Å². The number of amides is 2. The maximum Gasteiger partial charge on any atom is 0.251 e. The maximum atomic E-state index is 12.3. The Hall–Kier alpha value is -3.54. The van der Waals surface area contributed by atoms with Gasteiger partial charge in [0.1, 0.15) is 5.76 Å². The van der Waals surface area contributed by atoms with Crippen molar-refractivity contribution in [2.45, 2.75) is 6.54 Å². The summed E-state index contributed by atoms with van der Waals surface area (Å²) in [5.41, 5.74) is 2.15. The largest absolute Gasteiger partial charge is 0.467 e. The van der Waals surface area contributed by atoms with Gasteiger partial charge in [0.2, 0.25) is 5.91 Å². The van der Waals surface area contributed by atoms with Gasteiger partial charge in [-0.3, -0.25) is 9.59 Å². The van der Waals surface area contributed by atoms with Crippen molar-refractivity contribution in [3.63, 3.8) is 0 Å². The molecule has 0 aliphatic heterocycles. The van der Waals surface area contributed by atoms with Crippen LogP contribution in [0.1, 0.15) is 16.1 Å². The topological polar surface area (TPSA) is 74.6 Å². The first-order valence-corrected chi connectivity index (χ1v) is 8.59. The molecule has 2 N–H and O–H groups in total. The second-order valence-corrected chi connectivity index (χ2v) is 5.98. The Morgan fingerprint density at radius 2 is 1.70 bits per heavy atom. The van der Waals surface area contributed by atoms with Gasteiger partial charge in [-0.25, -0.2) is 0 Å². The van der Waals surface area contributed by atoms with Crippen LogP contribution in [0.5, 0.6) is 0 Å². The number of furan rings is 1. The van der Waals surface area contributed by atoms with Crippen molar-refractivity contribution < 1.29 is 14.0 Å². The number of benzene rings is 2. The molecule has 0 spiro atoms. The van der Waals surface area contributed by atoms with E-state index in [9.17, 15) is 9.59 Å². The number of carbonyl (C=O) groups excluding carboxylic acids is 2. The van der Waals surface area contributed by atoms with Gasteiger partial charge in [0.25, 0.3) is 5.91 Å². The fourth-order valence-electron chi connectivity index (χ4n) is 2.51. The lowest BCUT2D eigenvalue weighted by atomic mass is 10.2. The molecule has 27 heavy (non-hydrogen) atoms. The first kappa shape index (κ1) is 18.3. The first-order chi connectivity index (χ1) is 13.1. The SMILES string of the molecule is CN(C(=O)CNc1ccc(C(=O)NCc2ccco2)cc1)c1ccccc1. The quantitative estimate of drug-likeness (QED) is 0.676. The van der Waals surface area contributed by atoms with E-state index in [-0.39, 0.29) is 18.4 Å². The summed E-state index contributed by atoms with van der Waals surface area (Å²) in [5, 5.41) is 5.87. The summed E-state index contributed by atoms with van der Waals surface area (Å²) in [6, 6.07) is 20.0. The summed E-state index contributed by atoms with van der Waals surface area (Å²) in [7, 11) is 1.74. The van der Waals surface area contributed by atoms with Crippen LogP contribution in [0.3, 0.4) is 0 Å². The fraction of sp³-hybridized carbons (Fsp3) is 0.143. The van der Waals surface area contributed by atoms with Crippen LogP contribution in [-0.2, 0) is 11.3 Å². The summed E-state index contributed by atoms with van der Waals surface area (Å²) in [6.07, 6.45) is 1.57. The van der Waals surface area contributed by atoms with Crippen molar-refractivity contribution in [1.82, 2.24) is 5.32 Å². The van der Waals surface area contributed by atoms with Gasteiger partial charge in [-0.1, -0.05) is 18.2 Å². The molecule has 2 amide bonds. The lowest BCUT2D eigenvalue weighted by Crippen LogP contribution is -2.32. The smallest absolute Gasteiger partial charge is 0.251 e. The molecule has 0 aliphatic rings. The molecule has 138 valence electrons. The summed E-state index contributed by atoms with van der Waals surface area (Å²) >= 11 is 0. The molecule has 6 nitrogen and oxygen atoms in total. The van der Waals surface area contributed by atoms with E-state index in [0.717, 1.165) is 11.4 Å². The Morgan fingerprint density at radius 1 is 0.963 bits per heavy atom. The molecule has 0 atom stereocenters. The second-order valence-electron chi connectivity index (χ2n) is 5.98. The highest BCUT2D eigenvalue weighted by Gasteiger charge is 2.10. The standard InChI is InChI=1S/C21H21N3O3/c1-24(18-6-3-2-4-7-18)20(25)15-22-17-11-9-16(10-12-17)21(26)23-14-19-8-5-13-27-19/h2-13,22H,14-15H2,1H3,(H,23,26). The van der Waals surface area contributed by atoms with Crippen LogP contribution in [0.4, 0.5) is 11.4 Å². The summed E-state index contributed by atoms with van der Waals surface area (Å²) in [5.74, 6) is 0.460. The van der Waals surface area contributed by atoms with Crippen LogP contribution in [0.2, 0.25) is 0 Å². The van der Waals surface area contributed by atoms with Gasteiger partial charge >= 0.3 is 0 Å². The lowest BCUT2D eigenvalue weighted by molar-refractivity contribution is -0.116. The molecule has 0 radical (unpaired) electrons. The van der Waals surface area contributed by atoms with Crippen molar-refractivity contribution in [2.75, 3.05) is 23.8 Å². The van der Waals surface area contributed by atoms with E-state index in [4.69, 9.17) is 4.42 Å². The third kappa shape index (κ3) is 4.98. The van der Waals surface area contributed by atoms with Crippen LogP contribution < -0.4 is 15.5 Å². The van der Waals surface area contributed by atoms with Crippen LogP contribution in [0.25, 0.3) is 0 Å². The van der Waals surface area contributed by atoms with Gasteiger partial charge in [0.05, 0.1) is 19.4 Å². The number of nitrogens with zero attached hydrogens (tertiary/aromatic N) is 1. The van der Waals surface area contributed by atoms with Crippen LogP contribution in [0, 0.1) is 0 Å². The Kier molecular flexibility index (Phi) is 5.89. The highest BCUT2D eigenvalue weighted by Crippen LogP contribution is 2.13. The number of para-hydroxylation sites is 1. The van der Waals surface area contributed by atoms with E-state index in [0.29, 0.717) is 17.9 Å². The number of rotatable bonds is 7. The molecule has 3 rings (SSSR count). The number of hydrogen-bond donors (Lipinski definition) is 2. The predicted octanol–water partition coefficient (Wildman–Crippen LogP) is 3.28. The highest BCUT2D eigenvalue weighted by molar-refractivity contribution is 5.96. The summed E-state index contributed by atoms with van der Waals surface area (Å²) in [4.78, 5) is 26.0. The van der Waals surface area contributed by atoms with Crippen molar-refractivity contribution >= 4 is 23.2 Å². The van der Waals surface area contributed by atoms with E-state index in [2.05, 4.69) is 10.6 Å². The fourth-order valence-corrected chi connectivity index (χ4v) is 2.51. The Labute approximate surface area is 157 Å². The van der Waals surface area contributed by atoms with Gasteiger partial charge in [-0.2, -0.15) is 0 Å². The van der Waals surface area contributed by atoms with Crippen LogP contribution in [-0.4, -0.2) is 25.4 Å². The maximum absolute atomic E-state index is 12.3. The minimum absolute atomic E-state index is 0.0542. The number of carbonyl (C=O) groups is 2. The van der Waals surface area contributed by atoms with E-state index in [1.165, 1.54) is 0 Å². The van der Waals surface area contributed by atoms with Gasteiger partial charge in [-0.05, 0) is 48.5 Å². The molecule has 0 saturated heterocycles. The lowest BCUT2D eigenvalue weighted by Gasteiger charge is -2.18.